The van der Waals surface area contributed by atoms with E-state index in [1.165, 1.54) is 0 Å². The van der Waals surface area contributed by atoms with E-state index in [2.05, 4.69) is 18.9 Å². The minimum absolute atomic E-state index is 0.177. The van der Waals surface area contributed by atoms with Gasteiger partial charge in [0, 0.05) is 25.2 Å². The van der Waals surface area contributed by atoms with Gasteiger partial charge in [0.2, 0.25) is 0 Å². The average molecular weight is 251 g/mol. The molecule has 1 atom stereocenters. The molecule has 1 aromatic rings. The summed E-state index contributed by atoms with van der Waals surface area (Å²) in [5.74, 6) is 0. The molecule has 18 heavy (non-hydrogen) atoms. The molecule has 1 saturated carbocycles. The molecule has 1 heterocycles. The van der Waals surface area contributed by atoms with Crippen LogP contribution in [0, 0.1) is 10.8 Å². The fourth-order valence-electron chi connectivity index (χ4n) is 2.98. The largest absolute Gasteiger partial charge is 0.386 e. The first-order valence-electron chi connectivity index (χ1n) is 6.76. The van der Waals surface area contributed by atoms with E-state index in [0.29, 0.717) is 12.0 Å². The smallest absolute Gasteiger partial charge is 0.102 e. The predicted octanol–water partition coefficient (Wildman–Crippen LogP) is 2.00. The van der Waals surface area contributed by atoms with E-state index in [1.54, 1.807) is 10.9 Å². The quantitative estimate of drug-likeness (QED) is 0.863. The lowest BCUT2D eigenvalue weighted by Gasteiger charge is -2.45. The van der Waals surface area contributed by atoms with Crippen molar-refractivity contribution in [2.45, 2.75) is 45.6 Å². The molecule has 1 aromatic heterocycles. The molecule has 0 aromatic carbocycles. The van der Waals surface area contributed by atoms with Gasteiger partial charge in [-0.2, -0.15) is 5.10 Å². The van der Waals surface area contributed by atoms with Crippen LogP contribution in [0.15, 0.2) is 12.3 Å². The molecule has 102 valence electrons. The van der Waals surface area contributed by atoms with Crippen LogP contribution in [0.25, 0.3) is 0 Å². The Morgan fingerprint density at radius 1 is 1.39 bits per heavy atom. The van der Waals surface area contributed by atoms with Crippen LogP contribution in [0.3, 0.4) is 0 Å². The number of aliphatic hydroxyl groups is 1. The normalized spacial score (nSPS) is 23.8. The first-order chi connectivity index (χ1) is 8.40. The van der Waals surface area contributed by atoms with Gasteiger partial charge < -0.3 is 10.8 Å². The van der Waals surface area contributed by atoms with Gasteiger partial charge in [0.15, 0.2) is 0 Å². The number of nitrogens with two attached hydrogens (primary N) is 1. The molecule has 3 N–H and O–H groups in total. The number of aromatic nitrogens is 2. The molecule has 0 amide bonds. The Labute approximate surface area is 109 Å². The Hall–Kier alpha value is -0.870. The van der Waals surface area contributed by atoms with Gasteiger partial charge >= 0.3 is 0 Å². The highest BCUT2D eigenvalue weighted by Gasteiger charge is 2.43. The molecule has 1 unspecified atom stereocenters. The molecule has 0 bridgehead atoms. The lowest BCUT2D eigenvalue weighted by Crippen LogP contribution is -2.42. The molecule has 1 fully saturated rings. The first kappa shape index (κ1) is 13.6. The Kier molecular flexibility index (Phi) is 3.52. The summed E-state index contributed by atoms with van der Waals surface area (Å²) in [4.78, 5) is 0. The van der Waals surface area contributed by atoms with E-state index in [9.17, 15) is 5.11 Å². The molecule has 0 saturated heterocycles. The van der Waals surface area contributed by atoms with Crippen LogP contribution in [0.4, 0.5) is 0 Å². The zero-order valence-corrected chi connectivity index (χ0v) is 11.7. The van der Waals surface area contributed by atoms with E-state index in [1.807, 2.05) is 13.1 Å². The molecular weight excluding hydrogens is 226 g/mol. The summed E-state index contributed by atoms with van der Waals surface area (Å²) >= 11 is 0. The number of nitrogens with zero attached hydrogens (tertiary/aromatic N) is 2. The van der Waals surface area contributed by atoms with Crippen molar-refractivity contribution < 1.29 is 5.11 Å². The van der Waals surface area contributed by atoms with E-state index in [0.717, 1.165) is 31.4 Å². The monoisotopic (exact) mass is 251 g/mol. The van der Waals surface area contributed by atoms with Crippen LogP contribution >= 0.6 is 0 Å². The van der Waals surface area contributed by atoms with Crippen molar-refractivity contribution in [2.75, 3.05) is 6.54 Å². The minimum Gasteiger partial charge on any atom is -0.386 e. The maximum Gasteiger partial charge on any atom is 0.102 e. The standard InChI is InChI=1S/C14H25N3O/c1-13(2)5-7-14(10-15,8-6-13)12(18)11-4-9-16-17(11)3/h4,9,12,18H,5-8,10,15H2,1-3H3. The van der Waals surface area contributed by atoms with Crippen LogP contribution in [0.2, 0.25) is 0 Å². The van der Waals surface area contributed by atoms with Gasteiger partial charge in [-0.1, -0.05) is 13.8 Å². The zero-order valence-electron chi connectivity index (χ0n) is 11.7. The minimum atomic E-state index is -0.508. The summed E-state index contributed by atoms with van der Waals surface area (Å²) in [6.07, 6.45) is 5.45. The molecule has 0 radical (unpaired) electrons. The van der Waals surface area contributed by atoms with Crippen LogP contribution < -0.4 is 5.73 Å². The van der Waals surface area contributed by atoms with Crippen LogP contribution in [0.5, 0.6) is 0 Å². The second-order valence-electron chi connectivity index (χ2n) is 6.51. The SMILES string of the molecule is Cn1nccc1C(O)C1(CN)CCC(C)(C)CC1. The lowest BCUT2D eigenvalue weighted by atomic mass is 9.62. The third-order valence-corrected chi connectivity index (χ3v) is 4.72. The van der Waals surface area contributed by atoms with Gasteiger partial charge in [-0.3, -0.25) is 4.68 Å². The van der Waals surface area contributed by atoms with Crippen LogP contribution in [-0.4, -0.2) is 21.4 Å². The molecular formula is C14H25N3O. The molecule has 1 aliphatic rings. The predicted molar refractivity (Wildman–Crippen MR) is 71.9 cm³/mol. The van der Waals surface area contributed by atoms with E-state index < -0.39 is 6.10 Å². The topological polar surface area (TPSA) is 64.1 Å². The average Bonchev–Trinajstić information content (AvgIpc) is 2.75. The van der Waals surface area contributed by atoms with Gasteiger partial charge in [0.25, 0.3) is 0 Å². The summed E-state index contributed by atoms with van der Waals surface area (Å²) in [5.41, 5.74) is 7.07. The van der Waals surface area contributed by atoms with Crippen molar-refractivity contribution in [3.05, 3.63) is 18.0 Å². The third kappa shape index (κ3) is 2.31. The molecule has 4 heteroatoms. The number of hydrogen-bond donors (Lipinski definition) is 2. The number of aliphatic hydroxyl groups excluding tert-OH is 1. The highest BCUT2D eigenvalue weighted by atomic mass is 16.3. The second kappa shape index (κ2) is 4.67. The molecule has 0 aliphatic heterocycles. The van der Waals surface area contributed by atoms with Crippen molar-refractivity contribution in [1.29, 1.82) is 0 Å². The number of aryl methyl sites for hydroxylation is 1. The van der Waals surface area contributed by atoms with E-state index in [4.69, 9.17) is 5.73 Å². The van der Waals surface area contributed by atoms with Gasteiger partial charge in [-0.15, -0.1) is 0 Å². The first-order valence-corrected chi connectivity index (χ1v) is 6.76. The highest BCUT2D eigenvalue weighted by molar-refractivity contribution is 5.10. The summed E-state index contributed by atoms with van der Waals surface area (Å²) in [6.45, 7) is 5.13. The van der Waals surface area contributed by atoms with Crippen LogP contribution in [-0.2, 0) is 7.05 Å². The highest BCUT2D eigenvalue weighted by Crippen LogP contribution is 2.50. The zero-order chi connectivity index (χ0) is 13.4. The fourth-order valence-corrected chi connectivity index (χ4v) is 2.98. The maximum absolute atomic E-state index is 10.7. The summed E-state index contributed by atoms with van der Waals surface area (Å²) in [5, 5.41) is 14.8. The maximum atomic E-state index is 10.7. The fraction of sp³-hybridized carbons (Fsp3) is 0.786. The Bertz CT molecular complexity index is 401. The summed E-state index contributed by atoms with van der Waals surface area (Å²) in [6, 6.07) is 1.89. The van der Waals surface area contributed by atoms with Crippen molar-refractivity contribution in [1.82, 2.24) is 9.78 Å². The molecule has 1 aliphatic carbocycles. The Balaban J connectivity index is 2.21. The summed E-state index contributed by atoms with van der Waals surface area (Å²) < 4.78 is 1.75. The summed E-state index contributed by atoms with van der Waals surface area (Å²) in [7, 11) is 1.87. The van der Waals surface area contributed by atoms with Gasteiger partial charge in [-0.25, -0.2) is 0 Å². The lowest BCUT2D eigenvalue weighted by molar-refractivity contribution is -0.0277. The Morgan fingerprint density at radius 2 is 2.00 bits per heavy atom. The molecule has 4 nitrogen and oxygen atoms in total. The second-order valence-corrected chi connectivity index (χ2v) is 6.51. The number of hydrogen-bond acceptors (Lipinski definition) is 3. The van der Waals surface area contributed by atoms with Crippen molar-refractivity contribution in [2.24, 2.45) is 23.6 Å². The van der Waals surface area contributed by atoms with Crippen molar-refractivity contribution in [3.8, 4) is 0 Å². The van der Waals surface area contributed by atoms with Gasteiger partial charge in [-0.05, 0) is 37.2 Å². The van der Waals surface area contributed by atoms with Crippen molar-refractivity contribution in [3.63, 3.8) is 0 Å². The molecule has 2 rings (SSSR count). The Morgan fingerprint density at radius 3 is 2.44 bits per heavy atom. The number of rotatable bonds is 3. The van der Waals surface area contributed by atoms with Gasteiger partial charge in [0.1, 0.15) is 6.10 Å². The van der Waals surface area contributed by atoms with Gasteiger partial charge in [0.05, 0.1) is 5.69 Å². The van der Waals surface area contributed by atoms with Crippen LogP contribution in [0.1, 0.15) is 51.3 Å². The van der Waals surface area contributed by atoms with Crippen molar-refractivity contribution >= 4 is 0 Å². The van der Waals surface area contributed by atoms with E-state index in [-0.39, 0.29) is 5.41 Å². The van der Waals surface area contributed by atoms with E-state index >= 15 is 0 Å². The third-order valence-electron chi connectivity index (χ3n) is 4.72. The molecule has 0 spiro atoms.